The molecule has 0 bridgehead atoms. The van der Waals surface area contributed by atoms with E-state index in [1.54, 1.807) is 23.7 Å². The van der Waals surface area contributed by atoms with Crippen molar-refractivity contribution in [3.8, 4) is 11.4 Å². The van der Waals surface area contributed by atoms with E-state index in [9.17, 15) is 13.6 Å². The van der Waals surface area contributed by atoms with Crippen molar-refractivity contribution in [1.29, 1.82) is 0 Å². The quantitative estimate of drug-likeness (QED) is 0.457. The Hall–Kier alpha value is -3.53. The molecule has 0 atom stereocenters. The molecule has 0 aliphatic heterocycles. The lowest BCUT2D eigenvalue weighted by Gasteiger charge is -2.15. The van der Waals surface area contributed by atoms with Crippen molar-refractivity contribution < 1.29 is 18.3 Å². The monoisotopic (exact) mass is 457 g/mol. The lowest BCUT2D eigenvalue weighted by molar-refractivity contribution is -0.119. The molecule has 0 unspecified atom stereocenters. The summed E-state index contributed by atoms with van der Waals surface area (Å²) in [4.78, 5) is 18.7. The molecule has 4 rings (SSSR count). The van der Waals surface area contributed by atoms with Gasteiger partial charge in [0.1, 0.15) is 17.4 Å². The molecule has 2 aromatic carbocycles. The zero-order valence-corrected chi connectivity index (χ0v) is 18.5. The van der Waals surface area contributed by atoms with Gasteiger partial charge in [0.15, 0.2) is 10.8 Å². The smallest absolute Gasteiger partial charge is 0.239 e. The van der Waals surface area contributed by atoms with Gasteiger partial charge in [-0.2, -0.15) is 10.1 Å². The largest absolute Gasteiger partial charge is 0.497 e. The van der Waals surface area contributed by atoms with E-state index in [1.165, 1.54) is 17.4 Å². The lowest BCUT2D eigenvalue weighted by atomic mass is 10.2. The summed E-state index contributed by atoms with van der Waals surface area (Å²) in [6.07, 6.45) is 0. The first-order chi connectivity index (χ1) is 15.4. The molecule has 0 saturated carbocycles. The number of hydrogen-bond acceptors (Lipinski definition) is 6. The molecule has 10 heteroatoms. The molecule has 0 spiro atoms. The Morgan fingerprint density at radius 1 is 1.22 bits per heavy atom. The van der Waals surface area contributed by atoms with E-state index < -0.39 is 11.6 Å². The highest BCUT2D eigenvalue weighted by molar-refractivity contribution is 7.22. The van der Waals surface area contributed by atoms with Crippen molar-refractivity contribution in [2.45, 2.75) is 13.5 Å². The predicted octanol–water partition coefficient (Wildman–Crippen LogP) is 3.83. The number of nitrogens with zero attached hydrogens (tertiary/aromatic N) is 4. The Bertz CT molecular complexity index is 1270. The molecular formula is C22H21F2N5O2S. The molecule has 1 amide bonds. The number of likely N-dealkylation sites (N-methyl/N-ethyl adjacent to an activating group) is 1. The molecule has 2 aromatic heterocycles. The Balaban J connectivity index is 1.47. The summed E-state index contributed by atoms with van der Waals surface area (Å²) in [5.41, 5.74) is 2.61. The van der Waals surface area contributed by atoms with Crippen LogP contribution in [0.5, 0.6) is 5.75 Å². The highest BCUT2D eigenvalue weighted by atomic mass is 32.1. The third-order valence-electron chi connectivity index (χ3n) is 4.89. The van der Waals surface area contributed by atoms with Gasteiger partial charge in [-0.25, -0.2) is 13.5 Å². The first-order valence-corrected chi connectivity index (χ1v) is 10.6. The Morgan fingerprint density at radius 3 is 2.66 bits per heavy atom. The number of hydrogen-bond donors (Lipinski definition) is 1. The molecule has 0 saturated heterocycles. The van der Waals surface area contributed by atoms with Crippen molar-refractivity contribution in [1.82, 2.24) is 20.1 Å². The third kappa shape index (κ3) is 4.40. The van der Waals surface area contributed by atoms with E-state index in [0.717, 1.165) is 34.0 Å². The number of carbonyl (C=O) groups is 1. The zero-order valence-electron chi connectivity index (χ0n) is 17.7. The third-order valence-corrected chi connectivity index (χ3v) is 6.16. The topological polar surface area (TPSA) is 72.3 Å². The van der Waals surface area contributed by atoms with Crippen LogP contribution < -0.4 is 15.0 Å². The number of benzene rings is 2. The van der Waals surface area contributed by atoms with Crippen LogP contribution >= 0.6 is 11.3 Å². The summed E-state index contributed by atoms with van der Waals surface area (Å²) < 4.78 is 34.7. The molecule has 166 valence electrons. The summed E-state index contributed by atoms with van der Waals surface area (Å²) in [7, 11) is 3.37. The van der Waals surface area contributed by atoms with Crippen LogP contribution in [0.3, 0.4) is 0 Å². The number of fused-ring (bicyclic) bond motifs is 1. The normalized spacial score (nSPS) is 11.0. The number of thiazole rings is 1. The number of rotatable bonds is 7. The molecule has 0 aliphatic rings. The molecule has 32 heavy (non-hydrogen) atoms. The number of halogens is 2. The number of aromatic nitrogens is 3. The van der Waals surface area contributed by atoms with Crippen LogP contribution in [0.2, 0.25) is 0 Å². The summed E-state index contributed by atoms with van der Waals surface area (Å²) in [5.74, 6) is -0.900. The fraction of sp³-hybridized carbons (Fsp3) is 0.227. The molecule has 1 N–H and O–H groups in total. The maximum Gasteiger partial charge on any atom is 0.239 e. The van der Waals surface area contributed by atoms with E-state index >= 15 is 0 Å². The molecule has 0 radical (unpaired) electrons. The fourth-order valence-electron chi connectivity index (χ4n) is 3.19. The summed E-state index contributed by atoms with van der Waals surface area (Å²) >= 11 is 1.44. The van der Waals surface area contributed by atoms with Crippen LogP contribution in [0.1, 0.15) is 11.3 Å². The van der Waals surface area contributed by atoms with Gasteiger partial charge in [-0.1, -0.05) is 17.4 Å². The number of amides is 1. The second-order valence-corrected chi connectivity index (χ2v) is 8.19. The predicted molar refractivity (Wildman–Crippen MR) is 120 cm³/mol. The standard InChI is InChI=1S/C22H21F2N5O2S/c1-13-20-21(29(27-13)16-6-8-17(31-3)9-7-16)26-22(32-20)28(2)12-19(30)25-11-14-4-5-15(23)10-18(14)24/h4-10H,11-12H2,1-3H3,(H,25,30). The number of carbonyl (C=O) groups excluding carboxylic acids is 1. The van der Waals surface area contributed by atoms with Gasteiger partial charge in [-0.3, -0.25) is 4.79 Å². The van der Waals surface area contributed by atoms with Gasteiger partial charge < -0.3 is 15.0 Å². The van der Waals surface area contributed by atoms with Crippen molar-refractivity contribution in [3.05, 3.63) is 65.4 Å². The van der Waals surface area contributed by atoms with Crippen LogP contribution in [0.15, 0.2) is 42.5 Å². The van der Waals surface area contributed by atoms with Crippen LogP contribution in [0, 0.1) is 18.6 Å². The average molecular weight is 458 g/mol. The first-order valence-electron chi connectivity index (χ1n) is 9.78. The molecule has 0 aliphatic carbocycles. The van der Waals surface area contributed by atoms with Crippen molar-refractivity contribution in [3.63, 3.8) is 0 Å². The first kappa shape index (κ1) is 21.7. The maximum absolute atomic E-state index is 13.7. The molecule has 0 fully saturated rings. The summed E-state index contributed by atoms with van der Waals surface area (Å²) in [6, 6.07) is 10.8. The van der Waals surface area contributed by atoms with Gasteiger partial charge in [0.05, 0.1) is 29.7 Å². The minimum Gasteiger partial charge on any atom is -0.497 e. The summed E-state index contributed by atoms with van der Waals surface area (Å²) in [5, 5.41) is 7.89. The van der Waals surface area contributed by atoms with Gasteiger partial charge in [-0.05, 0) is 37.3 Å². The average Bonchev–Trinajstić information content (AvgIpc) is 3.34. The minimum absolute atomic E-state index is 0.0236. The van der Waals surface area contributed by atoms with E-state index in [4.69, 9.17) is 4.74 Å². The van der Waals surface area contributed by atoms with Gasteiger partial charge in [0, 0.05) is 25.2 Å². The lowest BCUT2D eigenvalue weighted by Crippen LogP contribution is -2.35. The Kier molecular flexibility index (Phi) is 6.04. The highest BCUT2D eigenvalue weighted by Gasteiger charge is 2.18. The Morgan fingerprint density at radius 2 is 1.97 bits per heavy atom. The van der Waals surface area contributed by atoms with Crippen LogP contribution in [0.4, 0.5) is 13.9 Å². The second-order valence-electron chi connectivity index (χ2n) is 7.21. The van der Waals surface area contributed by atoms with Crippen LogP contribution in [-0.4, -0.2) is 41.4 Å². The second kappa shape index (κ2) is 8.91. The van der Waals surface area contributed by atoms with Crippen molar-refractivity contribution in [2.24, 2.45) is 0 Å². The van der Waals surface area contributed by atoms with Gasteiger partial charge in [-0.15, -0.1) is 0 Å². The van der Waals surface area contributed by atoms with E-state index in [2.05, 4.69) is 15.4 Å². The number of methoxy groups -OCH3 is 1. The van der Waals surface area contributed by atoms with Gasteiger partial charge in [0.2, 0.25) is 5.91 Å². The van der Waals surface area contributed by atoms with E-state index in [1.807, 2.05) is 31.2 Å². The molecular weight excluding hydrogens is 436 g/mol. The zero-order chi connectivity index (χ0) is 22.8. The summed E-state index contributed by atoms with van der Waals surface area (Å²) in [6.45, 7) is 1.92. The molecule has 4 aromatic rings. The molecule has 7 nitrogen and oxygen atoms in total. The van der Waals surface area contributed by atoms with E-state index in [0.29, 0.717) is 10.8 Å². The minimum atomic E-state index is -0.691. The van der Waals surface area contributed by atoms with Crippen LogP contribution in [0.25, 0.3) is 16.0 Å². The van der Waals surface area contributed by atoms with Crippen molar-refractivity contribution >= 4 is 32.7 Å². The highest BCUT2D eigenvalue weighted by Crippen LogP contribution is 2.32. The number of anilines is 1. The fourth-order valence-corrected chi connectivity index (χ4v) is 4.13. The van der Waals surface area contributed by atoms with Crippen molar-refractivity contribution in [2.75, 3.05) is 25.6 Å². The maximum atomic E-state index is 13.7. The Labute approximate surface area is 187 Å². The number of aryl methyl sites for hydroxylation is 1. The SMILES string of the molecule is COc1ccc(-n2nc(C)c3sc(N(C)CC(=O)NCc4ccc(F)cc4F)nc32)cc1. The number of ether oxygens (including phenoxy) is 1. The van der Waals surface area contributed by atoms with Crippen LogP contribution in [-0.2, 0) is 11.3 Å². The van der Waals surface area contributed by atoms with Gasteiger partial charge in [0.25, 0.3) is 0 Å². The number of nitrogens with one attached hydrogen (secondary N) is 1. The molecule has 2 heterocycles. The van der Waals surface area contributed by atoms with Gasteiger partial charge >= 0.3 is 0 Å². The van der Waals surface area contributed by atoms with E-state index in [-0.39, 0.29) is 24.6 Å².